The number of fused-ring (bicyclic) bond motifs is 1. The van der Waals surface area contributed by atoms with Crippen molar-refractivity contribution in [3.8, 4) is 17.2 Å². The molecule has 266 valence electrons. The molecule has 0 radical (unpaired) electrons. The molecule has 0 aromatic heterocycles. The van der Waals surface area contributed by atoms with Crippen LogP contribution in [-0.2, 0) is 14.4 Å². The summed E-state index contributed by atoms with van der Waals surface area (Å²) in [6, 6.07) is 9.61. The summed E-state index contributed by atoms with van der Waals surface area (Å²) >= 11 is 0. The van der Waals surface area contributed by atoms with E-state index in [1.807, 2.05) is 7.05 Å². The summed E-state index contributed by atoms with van der Waals surface area (Å²) in [5.41, 5.74) is 2.57. The Kier molecular flexibility index (Phi) is 15.4. The van der Waals surface area contributed by atoms with Gasteiger partial charge in [-0.25, -0.2) is 4.39 Å². The van der Waals surface area contributed by atoms with Crippen LogP contribution >= 0.6 is 0 Å². The minimum absolute atomic E-state index is 0.0711. The SMILES string of the molecule is CCCC(CCC)N(C=O)c1ccc(F)c(C)c1.CCN1CC(c2cc(OC)c3c(c2)OCO3)CC1CCN(C)C(=O)CCN(C)C=O. The summed E-state index contributed by atoms with van der Waals surface area (Å²) in [6.07, 6.45) is 7.95. The smallest absolute Gasteiger partial charge is 0.231 e. The van der Waals surface area contributed by atoms with E-state index in [4.69, 9.17) is 14.2 Å². The number of aryl methyl sites for hydroxylation is 1. The van der Waals surface area contributed by atoms with Crippen LogP contribution in [0.25, 0.3) is 0 Å². The number of likely N-dealkylation sites (tertiary alicyclic amines) is 1. The van der Waals surface area contributed by atoms with Crippen molar-refractivity contribution in [2.24, 2.45) is 0 Å². The van der Waals surface area contributed by atoms with Crippen molar-refractivity contribution < 1.29 is 33.0 Å². The molecule has 4 rings (SSSR count). The van der Waals surface area contributed by atoms with Gasteiger partial charge in [0.05, 0.1) is 7.11 Å². The molecule has 0 N–H and O–H groups in total. The van der Waals surface area contributed by atoms with Gasteiger partial charge in [-0.3, -0.25) is 19.3 Å². The van der Waals surface area contributed by atoms with Crippen LogP contribution in [0.15, 0.2) is 30.3 Å². The fourth-order valence-electron chi connectivity index (χ4n) is 6.52. The first-order valence-electron chi connectivity index (χ1n) is 17.2. The Hall–Kier alpha value is -3.86. The molecule has 0 spiro atoms. The first kappa shape index (κ1) is 38.6. The van der Waals surface area contributed by atoms with Crippen LogP contribution in [0.3, 0.4) is 0 Å². The predicted molar refractivity (Wildman–Crippen MR) is 186 cm³/mol. The minimum Gasteiger partial charge on any atom is -0.493 e. The number of halogens is 1. The molecule has 0 bridgehead atoms. The maximum atomic E-state index is 13.3. The number of rotatable bonds is 17. The van der Waals surface area contributed by atoms with E-state index in [0.717, 1.165) is 81.6 Å². The Bertz CT molecular complexity index is 1340. The molecule has 2 aliphatic heterocycles. The van der Waals surface area contributed by atoms with E-state index in [1.165, 1.54) is 16.5 Å². The van der Waals surface area contributed by atoms with Gasteiger partial charge in [0.25, 0.3) is 0 Å². The number of hydrogen-bond donors (Lipinski definition) is 0. The van der Waals surface area contributed by atoms with Crippen LogP contribution in [0, 0.1) is 12.7 Å². The molecule has 1 saturated heterocycles. The second-order valence-corrected chi connectivity index (χ2v) is 12.7. The number of carbonyl (C=O) groups excluding carboxylic acids is 3. The van der Waals surface area contributed by atoms with Crippen molar-refractivity contribution in [1.82, 2.24) is 14.7 Å². The summed E-state index contributed by atoms with van der Waals surface area (Å²) in [5.74, 6) is 2.39. The Balaban J connectivity index is 0.000000297. The van der Waals surface area contributed by atoms with Crippen molar-refractivity contribution in [3.63, 3.8) is 0 Å². The van der Waals surface area contributed by atoms with E-state index in [-0.39, 0.29) is 24.6 Å². The molecule has 2 atom stereocenters. The van der Waals surface area contributed by atoms with Gasteiger partial charge in [-0.05, 0) is 86.5 Å². The maximum Gasteiger partial charge on any atom is 0.231 e. The van der Waals surface area contributed by atoms with Crippen LogP contribution < -0.4 is 19.1 Å². The molecule has 1 fully saturated rings. The van der Waals surface area contributed by atoms with Gasteiger partial charge >= 0.3 is 0 Å². The Morgan fingerprint density at radius 1 is 1.06 bits per heavy atom. The fourth-order valence-corrected chi connectivity index (χ4v) is 6.52. The summed E-state index contributed by atoms with van der Waals surface area (Å²) in [5, 5.41) is 0. The molecule has 48 heavy (non-hydrogen) atoms. The number of nitrogens with zero attached hydrogens (tertiary/aromatic N) is 4. The summed E-state index contributed by atoms with van der Waals surface area (Å²) in [7, 11) is 5.18. The molecule has 0 saturated carbocycles. The highest BCUT2D eigenvalue weighted by Crippen LogP contribution is 2.45. The highest BCUT2D eigenvalue weighted by atomic mass is 19.1. The topological polar surface area (TPSA) is 91.9 Å². The van der Waals surface area contributed by atoms with Crippen LogP contribution in [0.4, 0.5) is 10.1 Å². The number of ether oxygens (including phenoxy) is 3. The Morgan fingerprint density at radius 2 is 1.79 bits per heavy atom. The van der Waals surface area contributed by atoms with Gasteiger partial charge in [0.2, 0.25) is 31.3 Å². The number of methoxy groups -OCH3 is 1. The monoisotopic (exact) mass is 670 g/mol. The normalized spacial score (nSPS) is 16.7. The van der Waals surface area contributed by atoms with Crippen molar-refractivity contribution in [1.29, 1.82) is 0 Å². The van der Waals surface area contributed by atoms with E-state index in [1.54, 1.807) is 43.0 Å². The number of hydrogen-bond acceptors (Lipinski definition) is 7. The predicted octanol–water partition coefficient (Wildman–Crippen LogP) is 5.99. The average molecular weight is 671 g/mol. The van der Waals surface area contributed by atoms with Gasteiger partial charge < -0.3 is 28.9 Å². The molecular weight excluding hydrogens is 615 g/mol. The van der Waals surface area contributed by atoms with Crippen molar-refractivity contribution in [3.05, 3.63) is 47.3 Å². The van der Waals surface area contributed by atoms with Crippen molar-refractivity contribution in [2.75, 3.05) is 59.1 Å². The number of likely N-dealkylation sites (N-methyl/N-ethyl adjacent to an activating group) is 1. The number of amides is 3. The first-order chi connectivity index (χ1) is 23.1. The lowest BCUT2D eigenvalue weighted by Crippen LogP contribution is -2.36. The van der Waals surface area contributed by atoms with Crippen molar-refractivity contribution in [2.45, 2.75) is 90.6 Å². The average Bonchev–Trinajstić information content (AvgIpc) is 3.75. The maximum absolute atomic E-state index is 13.3. The van der Waals surface area contributed by atoms with Crippen LogP contribution in [-0.4, -0.2) is 99.7 Å². The molecule has 2 aromatic carbocycles. The molecule has 2 heterocycles. The largest absolute Gasteiger partial charge is 0.493 e. The van der Waals surface area contributed by atoms with Crippen molar-refractivity contribution >= 4 is 24.4 Å². The Morgan fingerprint density at radius 3 is 2.40 bits per heavy atom. The van der Waals surface area contributed by atoms with Gasteiger partial charge in [-0.1, -0.05) is 33.6 Å². The van der Waals surface area contributed by atoms with E-state index in [0.29, 0.717) is 42.8 Å². The van der Waals surface area contributed by atoms with E-state index in [2.05, 4.69) is 37.8 Å². The molecular formula is C37H55FN4O6. The lowest BCUT2D eigenvalue weighted by atomic mass is 9.94. The van der Waals surface area contributed by atoms with Gasteiger partial charge in [0, 0.05) is 57.9 Å². The lowest BCUT2D eigenvalue weighted by molar-refractivity contribution is -0.130. The van der Waals surface area contributed by atoms with E-state index in [9.17, 15) is 18.8 Å². The van der Waals surface area contributed by atoms with Crippen LogP contribution in [0.1, 0.15) is 82.8 Å². The zero-order valence-electron chi connectivity index (χ0n) is 29.9. The zero-order valence-corrected chi connectivity index (χ0v) is 29.9. The summed E-state index contributed by atoms with van der Waals surface area (Å²) in [6.45, 7) is 11.5. The van der Waals surface area contributed by atoms with Crippen LogP contribution in [0.2, 0.25) is 0 Å². The second-order valence-electron chi connectivity index (χ2n) is 12.7. The number of carbonyl (C=O) groups is 3. The Labute approximate surface area is 286 Å². The summed E-state index contributed by atoms with van der Waals surface area (Å²) < 4.78 is 29.9. The quantitative estimate of drug-likeness (QED) is 0.191. The molecule has 10 nitrogen and oxygen atoms in total. The second kappa shape index (κ2) is 19.2. The van der Waals surface area contributed by atoms with E-state index < -0.39 is 0 Å². The van der Waals surface area contributed by atoms with Gasteiger partial charge in [-0.2, -0.15) is 0 Å². The third-order valence-corrected chi connectivity index (χ3v) is 9.36. The van der Waals surface area contributed by atoms with Gasteiger partial charge in [-0.15, -0.1) is 0 Å². The lowest BCUT2D eigenvalue weighted by Gasteiger charge is -2.28. The molecule has 3 amide bonds. The molecule has 0 aliphatic carbocycles. The van der Waals surface area contributed by atoms with Gasteiger partial charge in [0.15, 0.2) is 11.5 Å². The van der Waals surface area contributed by atoms with Crippen LogP contribution in [0.5, 0.6) is 17.2 Å². The third-order valence-electron chi connectivity index (χ3n) is 9.36. The molecule has 2 unspecified atom stereocenters. The third kappa shape index (κ3) is 10.3. The number of anilines is 1. The summed E-state index contributed by atoms with van der Waals surface area (Å²) in [4.78, 5) is 41.8. The first-order valence-corrected chi connectivity index (χ1v) is 17.2. The highest BCUT2D eigenvalue weighted by molar-refractivity contribution is 5.76. The minimum atomic E-state index is -0.230. The standard InChI is InChI=1S/C22H33N3O5.C15H22FNO/c1-5-25-13-17(16-11-19(28-4)22-20(12-16)29-15-30-22)10-18(25)6-9-24(3)21(27)7-8-23(2)14-26;1-4-6-13(7-5-2)17(11-18)14-8-9-15(16)12(3)10-14/h11-12,14,17-18H,5-10,13,15H2,1-4H3;8-11,13H,4-7H2,1-3H3. The highest BCUT2D eigenvalue weighted by Gasteiger charge is 2.34. The zero-order chi connectivity index (χ0) is 35.2. The number of benzene rings is 2. The molecule has 2 aliphatic rings. The van der Waals surface area contributed by atoms with Gasteiger partial charge in [0.1, 0.15) is 5.82 Å². The van der Waals surface area contributed by atoms with E-state index >= 15 is 0 Å². The fraction of sp³-hybridized carbons (Fsp3) is 0.595. The molecule has 11 heteroatoms. The molecule has 2 aromatic rings.